The molecule has 0 saturated heterocycles. The normalized spacial score (nSPS) is 11.4. The van der Waals surface area contributed by atoms with Gasteiger partial charge in [-0.2, -0.15) is 4.98 Å². The van der Waals surface area contributed by atoms with Crippen LogP contribution >= 0.6 is 0 Å². The van der Waals surface area contributed by atoms with Crippen molar-refractivity contribution in [1.82, 2.24) is 15.3 Å². The minimum absolute atomic E-state index is 0.0268. The molecule has 2 aromatic rings. The number of nitrogens with zero attached hydrogens (tertiary/aromatic N) is 2. The van der Waals surface area contributed by atoms with Crippen LogP contribution in [0, 0.1) is 6.92 Å². The summed E-state index contributed by atoms with van der Waals surface area (Å²) in [6.45, 7) is 5.39. The van der Waals surface area contributed by atoms with Gasteiger partial charge in [-0.3, -0.25) is 4.79 Å². The summed E-state index contributed by atoms with van der Waals surface area (Å²) in [6.07, 6.45) is 2.51. The fourth-order valence-electron chi connectivity index (χ4n) is 2.24. The summed E-state index contributed by atoms with van der Waals surface area (Å²) >= 11 is 0. The highest BCUT2D eigenvalue weighted by Gasteiger charge is 2.14. The fourth-order valence-corrected chi connectivity index (χ4v) is 3.20. The van der Waals surface area contributed by atoms with Crippen LogP contribution in [0.3, 0.4) is 0 Å². The molecule has 0 saturated carbocycles. The number of aryl methyl sites for hydroxylation is 1. The fraction of sp³-hybridized carbons (Fsp3) is 0.312. The molecule has 1 aromatic carbocycles. The van der Waals surface area contributed by atoms with Gasteiger partial charge in [-0.25, -0.2) is 13.4 Å². The van der Waals surface area contributed by atoms with E-state index in [1.54, 1.807) is 19.1 Å². The second kappa shape index (κ2) is 7.06. The van der Waals surface area contributed by atoms with Gasteiger partial charge < -0.3 is 16.4 Å². The van der Waals surface area contributed by atoms with Gasteiger partial charge in [0.2, 0.25) is 5.95 Å². The first kappa shape index (κ1) is 18.7. The van der Waals surface area contributed by atoms with Crippen molar-refractivity contribution in [3.05, 3.63) is 35.5 Å². The third kappa shape index (κ3) is 4.66. The van der Waals surface area contributed by atoms with E-state index in [9.17, 15) is 13.2 Å². The molecule has 1 aromatic heterocycles. The van der Waals surface area contributed by atoms with Gasteiger partial charge in [-0.15, -0.1) is 0 Å². The summed E-state index contributed by atoms with van der Waals surface area (Å²) < 4.78 is 23.3. The number of sulfone groups is 1. The number of nitrogen functional groups attached to an aromatic ring is 1. The van der Waals surface area contributed by atoms with Gasteiger partial charge in [0.1, 0.15) is 5.82 Å². The van der Waals surface area contributed by atoms with Crippen molar-refractivity contribution < 1.29 is 13.2 Å². The maximum absolute atomic E-state index is 12.0. The van der Waals surface area contributed by atoms with E-state index in [4.69, 9.17) is 5.73 Å². The number of benzene rings is 1. The minimum Gasteiger partial charge on any atom is -0.383 e. The summed E-state index contributed by atoms with van der Waals surface area (Å²) in [5.74, 6) is -0.0716. The topological polar surface area (TPSA) is 127 Å². The third-order valence-electron chi connectivity index (χ3n) is 3.31. The van der Waals surface area contributed by atoms with Gasteiger partial charge in [-0.1, -0.05) is 0 Å². The molecule has 0 fully saturated rings. The first-order chi connectivity index (χ1) is 11.6. The second-order valence-corrected chi connectivity index (χ2v) is 7.98. The monoisotopic (exact) mass is 363 g/mol. The number of carbonyl (C=O) groups excluding carboxylic acids is 1. The molecule has 0 aliphatic carbocycles. The first-order valence-corrected chi connectivity index (χ1v) is 9.48. The number of nitrogens with one attached hydrogen (secondary N) is 2. The molecule has 2 rings (SSSR count). The highest BCUT2D eigenvalue weighted by Crippen LogP contribution is 2.22. The molecule has 0 radical (unpaired) electrons. The van der Waals surface area contributed by atoms with Crippen molar-refractivity contribution in [1.29, 1.82) is 0 Å². The van der Waals surface area contributed by atoms with Crippen LogP contribution in [0.5, 0.6) is 0 Å². The largest absolute Gasteiger partial charge is 0.383 e. The van der Waals surface area contributed by atoms with Gasteiger partial charge in [-0.05, 0) is 44.5 Å². The van der Waals surface area contributed by atoms with E-state index in [1.165, 1.54) is 12.3 Å². The van der Waals surface area contributed by atoms with Crippen LogP contribution in [0.15, 0.2) is 29.3 Å². The highest BCUT2D eigenvalue weighted by molar-refractivity contribution is 7.90. The number of carbonyl (C=O) groups is 1. The molecular weight excluding hydrogens is 342 g/mol. The lowest BCUT2D eigenvalue weighted by Gasteiger charge is -2.11. The Kier molecular flexibility index (Phi) is 5.27. The maximum atomic E-state index is 12.0. The lowest BCUT2D eigenvalue weighted by molar-refractivity contribution is 0.0943. The molecule has 4 N–H and O–H groups in total. The molecule has 0 atom stereocenters. The zero-order valence-electron chi connectivity index (χ0n) is 14.5. The number of anilines is 3. The number of amides is 1. The maximum Gasteiger partial charge on any atom is 0.256 e. The first-order valence-electron chi connectivity index (χ1n) is 7.59. The van der Waals surface area contributed by atoms with E-state index >= 15 is 0 Å². The van der Waals surface area contributed by atoms with Gasteiger partial charge >= 0.3 is 0 Å². The molecule has 25 heavy (non-hydrogen) atoms. The number of hydrogen-bond donors (Lipinski definition) is 3. The van der Waals surface area contributed by atoms with Crippen LogP contribution < -0.4 is 16.4 Å². The number of hydrogen-bond acceptors (Lipinski definition) is 7. The lowest BCUT2D eigenvalue weighted by atomic mass is 10.2. The average molecular weight is 363 g/mol. The zero-order valence-corrected chi connectivity index (χ0v) is 15.3. The van der Waals surface area contributed by atoms with Crippen LogP contribution in [-0.2, 0) is 9.84 Å². The Morgan fingerprint density at radius 3 is 2.48 bits per heavy atom. The standard InChI is InChI=1S/C16H21N5O3S/c1-9(2)19-15(22)12-8-18-16(21-14(12)17)20-11-5-6-13(10(3)7-11)25(4,23)24/h5-9H,1-4H3,(H,19,22)(H3,17,18,20,21). The van der Waals surface area contributed by atoms with Gasteiger partial charge in [0.15, 0.2) is 9.84 Å². The third-order valence-corrected chi connectivity index (χ3v) is 4.57. The molecule has 0 aliphatic heterocycles. The van der Waals surface area contributed by atoms with Gasteiger partial charge in [0.05, 0.1) is 10.5 Å². The van der Waals surface area contributed by atoms with Crippen LogP contribution in [0.1, 0.15) is 29.8 Å². The van der Waals surface area contributed by atoms with Crippen molar-refractivity contribution in [3.8, 4) is 0 Å². The molecule has 1 heterocycles. The quantitative estimate of drug-likeness (QED) is 0.737. The predicted molar refractivity (Wildman–Crippen MR) is 96.6 cm³/mol. The Morgan fingerprint density at radius 2 is 1.96 bits per heavy atom. The molecule has 1 amide bonds. The molecule has 134 valence electrons. The SMILES string of the molecule is Cc1cc(Nc2ncc(C(=O)NC(C)C)c(N)n2)ccc1S(C)(=O)=O. The van der Waals surface area contributed by atoms with Crippen molar-refractivity contribution in [2.45, 2.75) is 31.7 Å². The van der Waals surface area contributed by atoms with E-state index in [0.29, 0.717) is 11.3 Å². The molecule has 0 spiro atoms. The Bertz CT molecular complexity index is 910. The van der Waals surface area contributed by atoms with E-state index in [2.05, 4.69) is 20.6 Å². The van der Waals surface area contributed by atoms with E-state index in [0.717, 1.165) is 6.26 Å². The van der Waals surface area contributed by atoms with Crippen molar-refractivity contribution >= 4 is 33.2 Å². The summed E-state index contributed by atoms with van der Waals surface area (Å²) in [7, 11) is -3.28. The van der Waals surface area contributed by atoms with E-state index < -0.39 is 9.84 Å². The number of nitrogens with two attached hydrogens (primary N) is 1. The summed E-state index contributed by atoms with van der Waals surface area (Å²) in [5, 5.41) is 5.66. The molecule has 9 heteroatoms. The van der Waals surface area contributed by atoms with Gasteiger partial charge in [0.25, 0.3) is 5.91 Å². The minimum atomic E-state index is -3.28. The Hall–Kier alpha value is -2.68. The van der Waals surface area contributed by atoms with Crippen LogP contribution in [0.4, 0.5) is 17.5 Å². The van der Waals surface area contributed by atoms with Crippen molar-refractivity contribution in [2.75, 3.05) is 17.3 Å². The van der Waals surface area contributed by atoms with Crippen molar-refractivity contribution in [3.63, 3.8) is 0 Å². The summed E-state index contributed by atoms with van der Waals surface area (Å²) in [6, 6.07) is 4.78. The Balaban J connectivity index is 2.23. The number of rotatable bonds is 5. The second-order valence-electron chi connectivity index (χ2n) is 6.00. The van der Waals surface area contributed by atoms with Gasteiger partial charge in [0, 0.05) is 24.2 Å². The summed E-state index contributed by atoms with van der Waals surface area (Å²) in [5.41, 5.74) is 7.25. The smallest absolute Gasteiger partial charge is 0.256 e. The van der Waals surface area contributed by atoms with Crippen LogP contribution in [0.2, 0.25) is 0 Å². The molecule has 0 unspecified atom stereocenters. The lowest BCUT2D eigenvalue weighted by Crippen LogP contribution is -2.31. The molecule has 0 aliphatic rings. The Morgan fingerprint density at radius 1 is 1.28 bits per heavy atom. The molecular formula is C16H21N5O3S. The van der Waals surface area contributed by atoms with E-state index in [-0.39, 0.29) is 34.2 Å². The van der Waals surface area contributed by atoms with E-state index in [1.807, 2.05) is 13.8 Å². The van der Waals surface area contributed by atoms with Crippen molar-refractivity contribution in [2.24, 2.45) is 0 Å². The Labute approximate surface area is 146 Å². The predicted octanol–water partition coefficient (Wildman–Crippen LogP) is 1.65. The molecule has 0 bridgehead atoms. The zero-order chi connectivity index (χ0) is 18.8. The molecule has 8 nitrogen and oxygen atoms in total. The number of aromatic nitrogens is 2. The highest BCUT2D eigenvalue weighted by atomic mass is 32.2. The van der Waals surface area contributed by atoms with Crippen LogP contribution in [-0.4, -0.2) is 36.6 Å². The summed E-state index contributed by atoms with van der Waals surface area (Å²) in [4.78, 5) is 20.4. The average Bonchev–Trinajstić information content (AvgIpc) is 2.45. The van der Waals surface area contributed by atoms with Crippen LogP contribution in [0.25, 0.3) is 0 Å².